The van der Waals surface area contributed by atoms with Gasteiger partial charge in [0.2, 0.25) is 0 Å². The van der Waals surface area contributed by atoms with Crippen molar-refractivity contribution >= 4 is 17.0 Å². The van der Waals surface area contributed by atoms with Gasteiger partial charge in [-0.15, -0.1) is 11.3 Å². The third kappa shape index (κ3) is 3.36. The second-order valence-corrected chi connectivity index (χ2v) is 4.32. The van der Waals surface area contributed by atoms with Gasteiger partial charge in [-0.1, -0.05) is 0 Å². The van der Waals surface area contributed by atoms with Crippen molar-refractivity contribution < 1.29 is 17.9 Å². The predicted octanol–water partition coefficient (Wildman–Crippen LogP) is 3.50. The number of benzene rings is 1. The summed E-state index contributed by atoms with van der Waals surface area (Å²) in [4.78, 5) is 4.89. The molecule has 0 aliphatic carbocycles. The summed E-state index contributed by atoms with van der Waals surface area (Å²) in [7, 11) is 0. The molecule has 0 aliphatic heterocycles. The zero-order chi connectivity index (χ0) is 13.0. The molecule has 0 saturated heterocycles. The summed E-state index contributed by atoms with van der Waals surface area (Å²) in [5, 5.41) is 2.96. The van der Waals surface area contributed by atoms with Gasteiger partial charge < -0.3 is 10.1 Å². The fourth-order valence-electron chi connectivity index (χ4n) is 1.32. The van der Waals surface area contributed by atoms with Gasteiger partial charge in [-0.05, 0) is 12.1 Å². The number of ether oxygens (including phenoxy) is 1. The van der Waals surface area contributed by atoms with Gasteiger partial charge in [0.05, 0.1) is 12.1 Å². The van der Waals surface area contributed by atoms with E-state index in [2.05, 4.69) is 15.0 Å². The molecule has 96 valence electrons. The monoisotopic (exact) mass is 274 g/mol. The van der Waals surface area contributed by atoms with Crippen LogP contribution < -0.4 is 10.1 Å². The van der Waals surface area contributed by atoms with E-state index in [0.717, 1.165) is 17.0 Å². The largest absolute Gasteiger partial charge is 0.432 e. The van der Waals surface area contributed by atoms with E-state index in [-0.39, 0.29) is 0 Å². The fourth-order valence-corrected chi connectivity index (χ4v) is 1.86. The van der Waals surface area contributed by atoms with Crippen LogP contribution in [0.4, 0.5) is 18.9 Å². The Bertz CT molecular complexity index is 505. The maximum atomic E-state index is 13.4. The molecule has 0 amide bonds. The van der Waals surface area contributed by atoms with E-state index in [4.69, 9.17) is 0 Å². The van der Waals surface area contributed by atoms with Crippen molar-refractivity contribution in [3.8, 4) is 5.75 Å². The van der Waals surface area contributed by atoms with E-state index in [1.54, 1.807) is 11.7 Å². The van der Waals surface area contributed by atoms with Crippen LogP contribution in [-0.2, 0) is 6.54 Å². The highest BCUT2D eigenvalue weighted by Gasteiger charge is 2.10. The molecule has 0 spiro atoms. The number of aromatic nitrogens is 1. The zero-order valence-corrected chi connectivity index (χ0v) is 9.89. The molecule has 0 bridgehead atoms. The van der Waals surface area contributed by atoms with Crippen LogP contribution in [0.1, 0.15) is 4.88 Å². The average Bonchev–Trinajstić information content (AvgIpc) is 2.82. The maximum absolute atomic E-state index is 13.4. The average molecular weight is 274 g/mol. The molecule has 18 heavy (non-hydrogen) atoms. The van der Waals surface area contributed by atoms with Crippen LogP contribution in [0.2, 0.25) is 0 Å². The number of anilines is 1. The maximum Gasteiger partial charge on any atom is 0.387 e. The molecule has 0 atom stereocenters. The summed E-state index contributed by atoms with van der Waals surface area (Å²) in [6, 6.07) is 3.75. The van der Waals surface area contributed by atoms with Crippen LogP contribution in [0.25, 0.3) is 0 Å². The van der Waals surface area contributed by atoms with Gasteiger partial charge in [0.25, 0.3) is 0 Å². The highest BCUT2D eigenvalue weighted by Crippen LogP contribution is 2.23. The van der Waals surface area contributed by atoms with Gasteiger partial charge in [-0.3, -0.25) is 4.98 Å². The molecule has 1 aromatic heterocycles. The van der Waals surface area contributed by atoms with E-state index in [1.165, 1.54) is 17.4 Å². The molecule has 1 N–H and O–H groups in total. The summed E-state index contributed by atoms with van der Waals surface area (Å²) >= 11 is 1.47. The number of alkyl halides is 2. The summed E-state index contributed by atoms with van der Waals surface area (Å²) in [5.74, 6) is -1.29. The Balaban J connectivity index is 2.00. The standard InChI is InChI=1S/C11H9F3N2OS/c12-9-3-7(1-2-10(9)17-11(13)14)16-5-8-4-15-6-18-8/h1-4,6,11,16H,5H2. The molecule has 0 fully saturated rings. The zero-order valence-electron chi connectivity index (χ0n) is 9.07. The van der Waals surface area contributed by atoms with E-state index in [1.807, 2.05) is 0 Å². The first kappa shape index (κ1) is 12.7. The Hall–Kier alpha value is -1.76. The normalized spacial score (nSPS) is 10.7. The Morgan fingerprint density at radius 3 is 2.83 bits per heavy atom. The van der Waals surface area contributed by atoms with Crippen molar-refractivity contribution in [1.29, 1.82) is 0 Å². The Labute approximate surface area is 105 Å². The van der Waals surface area contributed by atoms with E-state index in [9.17, 15) is 13.2 Å². The summed E-state index contributed by atoms with van der Waals surface area (Å²) < 4.78 is 41.2. The molecule has 0 saturated carbocycles. The van der Waals surface area contributed by atoms with E-state index >= 15 is 0 Å². The number of nitrogens with zero attached hydrogens (tertiary/aromatic N) is 1. The first-order valence-electron chi connectivity index (χ1n) is 5.01. The smallest absolute Gasteiger partial charge is 0.387 e. The third-order valence-electron chi connectivity index (χ3n) is 2.10. The highest BCUT2D eigenvalue weighted by atomic mass is 32.1. The molecular formula is C11H9F3N2OS. The fraction of sp³-hybridized carbons (Fsp3) is 0.182. The lowest BCUT2D eigenvalue weighted by Gasteiger charge is -2.08. The molecule has 1 aromatic carbocycles. The molecule has 0 radical (unpaired) electrons. The van der Waals surface area contributed by atoms with Gasteiger partial charge in [0.1, 0.15) is 0 Å². The predicted molar refractivity (Wildman–Crippen MR) is 62.5 cm³/mol. The first-order valence-corrected chi connectivity index (χ1v) is 5.88. The second-order valence-electron chi connectivity index (χ2n) is 3.35. The van der Waals surface area contributed by atoms with Crippen molar-refractivity contribution in [3.05, 3.63) is 40.6 Å². The number of rotatable bonds is 5. The van der Waals surface area contributed by atoms with E-state index < -0.39 is 18.2 Å². The van der Waals surface area contributed by atoms with Gasteiger partial charge in [0.15, 0.2) is 11.6 Å². The second kappa shape index (κ2) is 5.72. The first-order chi connectivity index (χ1) is 8.65. The van der Waals surface area contributed by atoms with Crippen LogP contribution in [0.5, 0.6) is 5.75 Å². The van der Waals surface area contributed by atoms with Crippen molar-refractivity contribution in [3.63, 3.8) is 0 Å². The Morgan fingerprint density at radius 2 is 2.22 bits per heavy atom. The highest BCUT2D eigenvalue weighted by molar-refractivity contribution is 7.09. The van der Waals surface area contributed by atoms with Crippen LogP contribution in [0.15, 0.2) is 29.9 Å². The molecular weight excluding hydrogens is 265 g/mol. The van der Waals surface area contributed by atoms with Crippen molar-refractivity contribution in [2.45, 2.75) is 13.2 Å². The summed E-state index contributed by atoms with van der Waals surface area (Å²) in [6.45, 7) is -2.53. The minimum atomic E-state index is -3.03. The van der Waals surface area contributed by atoms with E-state index in [0.29, 0.717) is 12.2 Å². The number of nitrogens with one attached hydrogen (secondary N) is 1. The lowest BCUT2D eigenvalue weighted by Crippen LogP contribution is -2.04. The van der Waals surface area contributed by atoms with Crippen LogP contribution in [-0.4, -0.2) is 11.6 Å². The quantitative estimate of drug-likeness (QED) is 0.906. The molecule has 2 aromatic rings. The van der Waals surface area contributed by atoms with Gasteiger partial charge in [-0.25, -0.2) is 4.39 Å². The topological polar surface area (TPSA) is 34.2 Å². The van der Waals surface area contributed by atoms with Crippen molar-refractivity contribution in [2.75, 3.05) is 5.32 Å². The number of hydrogen-bond acceptors (Lipinski definition) is 4. The summed E-state index contributed by atoms with van der Waals surface area (Å²) in [5.41, 5.74) is 2.18. The summed E-state index contributed by atoms with van der Waals surface area (Å²) in [6.07, 6.45) is 1.70. The molecule has 7 heteroatoms. The molecule has 3 nitrogen and oxygen atoms in total. The molecule has 2 rings (SSSR count). The third-order valence-corrected chi connectivity index (χ3v) is 2.88. The minimum Gasteiger partial charge on any atom is -0.432 e. The number of halogens is 3. The molecule has 1 heterocycles. The molecule has 0 unspecified atom stereocenters. The lowest BCUT2D eigenvalue weighted by molar-refractivity contribution is -0.0521. The molecule has 0 aliphatic rings. The van der Waals surface area contributed by atoms with Crippen molar-refractivity contribution in [2.24, 2.45) is 0 Å². The Morgan fingerprint density at radius 1 is 1.39 bits per heavy atom. The van der Waals surface area contributed by atoms with Crippen LogP contribution >= 0.6 is 11.3 Å². The minimum absolute atomic E-state index is 0.464. The van der Waals surface area contributed by atoms with Gasteiger partial charge in [0, 0.05) is 22.8 Å². The van der Waals surface area contributed by atoms with Gasteiger partial charge in [-0.2, -0.15) is 8.78 Å². The Kier molecular flexibility index (Phi) is 4.03. The number of thiazole rings is 1. The van der Waals surface area contributed by atoms with Crippen LogP contribution in [0, 0.1) is 5.82 Å². The van der Waals surface area contributed by atoms with Crippen molar-refractivity contribution in [1.82, 2.24) is 4.98 Å². The number of hydrogen-bond donors (Lipinski definition) is 1. The van der Waals surface area contributed by atoms with Gasteiger partial charge >= 0.3 is 6.61 Å². The SMILES string of the molecule is Fc1cc(NCc2cncs2)ccc1OC(F)F. The van der Waals surface area contributed by atoms with Crippen LogP contribution in [0.3, 0.4) is 0 Å². The lowest BCUT2D eigenvalue weighted by atomic mass is 10.3.